The van der Waals surface area contributed by atoms with Crippen LogP contribution in [0, 0.1) is 5.82 Å². The van der Waals surface area contributed by atoms with Gasteiger partial charge in [0.1, 0.15) is 11.6 Å². The zero-order chi connectivity index (χ0) is 18.7. The molecule has 0 radical (unpaired) electrons. The Morgan fingerprint density at radius 3 is 2.23 bits per heavy atom. The van der Waals surface area contributed by atoms with E-state index in [9.17, 15) is 9.18 Å². The van der Waals surface area contributed by atoms with Crippen molar-refractivity contribution >= 4 is 16.7 Å². The number of nitrogens with one attached hydrogen (secondary N) is 1. The van der Waals surface area contributed by atoms with E-state index in [1.165, 1.54) is 12.1 Å². The Morgan fingerprint density at radius 2 is 1.54 bits per heavy atom. The van der Waals surface area contributed by atoms with Crippen LogP contribution in [0.2, 0.25) is 0 Å². The number of ether oxygens (including phenoxy) is 1. The lowest BCUT2D eigenvalue weighted by atomic mass is 9.96. The third-order valence-corrected chi connectivity index (χ3v) is 4.69. The smallest absolute Gasteiger partial charge is 0.227 e. The standard InChI is InChI=1S/C22H22FNO2/c1-14(22(25)24-15(2)16-6-9-20(23)10-7-16)17-4-5-19-13-21(26-3)11-8-18(19)12-17/h4-15H,1-3H3,(H,24,25)/t14-,15?/m0/s1. The molecular weight excluding hydrogens is 329 g/mol. The second-order valence-corrected chi connectivity index (χ2v) is 6.48. The number of halogens is 1. The summed E-state index contributed by atoms with van der Waals surface area (Å²) >= 11 is 0. The molecule has 0 saturated carbocycles. The highest BCUT2D eigenvalue weighted by Crippen LogP contribution is 2.26. The molecule has 26 heavy (non-hydrogen) atoms. The van der Waals surface area contributed by atoms with Gasteiger partial charge in [0.15, 0.2) is 0 Å². The normalized spacial score (nSPS) is 13.2. The molecule has 3 aromatic carbocycles. The van der Waals surface area contributed by atoms with Crippen molar-refractivity contribution < 1.29 is 13.9 Å². The first-order chi connectivity index (χ1) is 12.5. The van der Waals surface area contributed by atoms with Crippen molar-refractivity contribution in [2.24, 2.45) is 0 Å². The fourth-order valence-electron chi connectivity index (χ4n) is 2.96. The summed E-state index contributed by atoms with van der Waals surface area (Å²) in [7, 11) is 1.64. The molecule has 0 saturated heterocycles. The number of fused-ring (bicyclic) bond motifs is 1. The molecule has 0 aliphatic rings. The van der Waals surface area contributed by atoms with Crippen LogP contribution in [-0.2, 0) is 4.79 Å². The number of hydrogen-bond acceptors (Lipinski definition) is 2. The van der Waals surface area contributed by atoms with Gasteiger partial charge < -0.3 is 10.1 Å². The zero-order valence-electron chi connectivity index (χ0n) is 15.1. The van der Waals surface area contributed by atoms with Gasteiger partial charge in [0.2, 0.25) is 5.91 Å². The molecule has 134 valence electrons. The molecule has 0 heterocycles. The van der Waals surface area contributed by atoms with Gasteiger partial charge in [-0.3, -0.25) is 4.79 Å². The van der Waals surface area contributed by atoms with Crippen LogP contribution < -0.4 is 10.1 Å². The maximum absolute atomic E-state index is 13.0. The van der Waals surface area contributed by atoms with Crippen LogP contribution in [0.25, 0.3) is 10.8 Å². The SMILES string of the molecule is COc1ccc2cc([C@H](C)C(=O)NC(C)c3ccc(F)cc3)ccc2c1. The summed E-state index contributed by atoms with van der Waals surface area (Å²) in [5.74, 6) is 0.177. The van der Waals surface area contributed by atoms with Crippen molar-refractivity contribution in [2.75, 3.05) is 7.11 Å². The fraction of sp³-hybridized carbons (Fsp3) is 0.227. The lowest BCUT2D eigenvalue weighted by Crippen LogP contribution is -2.30. The molecule has 1 N–H and O–H groups in total. The van der Waals surface area contributed by atoms with Crippen molar-refractivity contribution in [3.63, 3.8) is 0 Å². The minimum absolute atomic E-state index is 0.0605. The van der Waals surface area contributed by atoms with Gasteiger partial charge in [-0.05, 0) is 60.0 Å². The zero-order valence-corrected chi connectivity index (χ0v) is 15.1. The first-order valence-electron chi connectivity index (χ1n) is 8.61. The Kier molecular flexibility index (Phi) is 5.21. The summed E-state index contributed by atoms with van der Waals surface area (Å²) < 4.78 is 18.3. The molecule has 0 aromatic heterocycles. The van der Waals surface area contributed by atoms with Gasteiger partial charge in [-0.15, -0.1) is 0 Å². The third kappa shape index (κ3) is 3.85. The molecule has 3 nitrogen and oxygen atoms in total. The molecule has 1 unspecified atom stereocenters. The number of carbonyl (C=O) groups excluding carboxylic acids is 1. The molecule has 0 spiro atoms. The van der Waals surface area contributed by atoms with Gasteiger partial charge in [0.25, 0.3) is 0 Å². The number of carbonyl (C=O) groups is 1. The highest BCUT2D eigenvalue weighted by atomic mass is 19.1. The predicted octanol–water partition coefficient (Wildman–Crippen LogP) is 4.97. The monoisotopic (exact) mass is 351 g/mol. The van der Waals surface area contributed by atoms with E-state index in [1.54, 1.807) is 19.2 Å². The summed E-state index contributed by atoms with van der Waals surface area (Å²) in [6.45, 7) is 3.78. The maximum atomic E-state index is 13.0. The quantitative estimate of drug-likeness (QED) is 0.705. The van der Waals surface area contributed by atoms with Crippen molar-refractivity contribution in [1.29, 1.82) is 0 Å². The molecule has 2 atom stereocenters. The fourth-order valence-corrected chi connectivity index (χ4v) is 2.96. The minimum Gasteiger partial charge on any atom is -0.497 e. The maximum Gasteiger partial charge on any atom is 0.227 e. The van der Waals surface area contributed by atoms with E-state index in [4.69, 9.17) is 4.74 Å². The van der Waals surface area contributed by atoms with E-state index < -0.39 is 0 Å². The Morgan fingerprint density at radius 1 is 0.923 bits per heavy atom. The van der Waals surface area contributed by atoms with Crippen LogP contribution in [0.4, 0.5) is 4.39 Å². The van der Waals surface area contributed by atoms with E-state index in [1.807, 2.05) is 50.2 Å². The average molecular weight is 351 g/mol. The highest BCUT2D eigenvalue weighted by Gasteiger charge is 2.18. The van der Waals surface area contributed by atoms with Gasteiger partial charge in [-0.25, -0.2) is 4.39 Å². The summed E-state index contributed by atoms with van der Waals surface area (Å²) in [5.41, 5.74) is 1.82. The van der Waals surface area contributed by atoms with Crippen LogP contribution >= 0.6 is 0 Å². The van der Waals surface area contributed by atoms with Crippen molar-refractivity contribution in [1.82, 2.24) is 5.32 Å². The van der Waals surface area contributed by atoms with E-state index in [0.29, 0.717) is 0 Å². The number of hydrogen-bond donors (Lipinski definition) is 1. The summed E-state index contributed by atoms with van der Waals surface area (Å²) in [5, 5.41) is 5.13. The molecule has 0 bridgehead atoms. The molecule has 0 aliphatic heterocycles. The van der Waals surface area contributed by atoms with Gasteiger partial charge >= 0.3 is 0 Å². The highest BCUT2D eigenvalue weighted by molar-refractivity contribution is 5.88. The first kappa shape index (κ1) is 17.9. The Labute approximate surface area is 152 Å². The minimum atomic E-state index is -0.288. The van der Waals surface area contributed by atoms with Crippen LogP contribution in [0.3, 0.4) is 0 Å². The Hall–Kier alpha value is -2.88. The average Bonchev–Trinajstić information content (AvgIpc) is 2.66. The van der Waals surface area contributed by atoms with Gasteiger partial charge in [0.05, 0.1) is 19.1 Å². The molecule has 4 heteroatoms. The largest absolute Gasteiger partial charge is 0.497 e. The molecule has 0 aliphatic carbocycles. The Balaban J connectivity index is 1.75. The van der Waals surface area contributed by atoms with E-state index >= 15 is 0 Å². The Bertz CT molecular complexity index is 921. The second-order valence-electron chi connectivity index (χ2n) is 6.48. The molecule has 3 aromatic rings. The molecule has 1 amide bonds. The number of methoxy groups -OCH3 is 1. The third-order valence-electron chi connectivity index (χ3n) is 4.69. The molecule has 0 fully saturated rings. The van der Waals surface area contributed by atoms with Gasteiger partial charge in [0, 0.05) is 0 Å². The van der Waals surface area contributed by atoms with Crippen LogP contribution in [-0.4, -0.2) is 13.0 Å². The van der Waals surface area contributed by atoms with Gasteiger partial charge in [-0.2, -0.15) is 0 Å². The summed E-state index contributed by atoms with van der Waals surface area (Å²) in [6.07, 6.45) is 0. The lowest BCUT2D eigenvalue weighted by Gasteiger charge is -2.18. The number of benzene rings is 3. The van der Waals surface area contributed by atoms with Crippen LogP contribution in [0.15, 0.2) is 60.7 Å². The second kappa shape index (κ2) is 7.56. The van der Waals surface area contributed by atoms with Gasteiger partial charge in [-0.1, -0.05) is 36.4 Å². The van der Waals surface area contributed by atoms with E-state index in [-0.39, 0.29) is 23.7 Å². The van der Waals surface area contributed by atoms with Crippen molar-refractivity contribution in [3.05, 3.63) is 77.6 Å². The topological polar surface area (TPSA) is 38.3 Å². The molecular formula is C22H22FNO2. The summed E-state index contributed by atoms with van der Waals surface area (Å²) in [6, 6.07) is 17.9. The first-order valence-corrected chi connectivity index (χ1v) is 8.61. The predicted molar refractivity (Wildman–Crippen MR) is 102 cm³/mol. The molecule has 3 rings (SSSR count). The lowest BCUT2D eigenvalue weighted by molar-refractivity contribution is -0.122. The van der Waals surface area contributed by atoms with E-state index in [2.05, 4.69) is 5.32 Å². The number of amides is 1. The number of rotatable bonds is 5. The van der Waals surface area contributed by atoms with Crippen molar-refractivity contribution in [2.45, 2.75) is 25.8 Å². The van der Waals surface area contributed by atoms with Crippen molar-refractivity contribution in [3.8, 4) is 5.75 Å². The van der Waals surface area contributed by atoms with E-state index in [0.717, 1.165) is 27.6 Å². The van der Waals surface area contributed by atoms with Crippen LogP contribution in [0.5, 0.6) is 5.75 Å². The summed E-state index contributed by atoms with van der Waals surface area (Å²) in [4.78, 5) is 12.6. The van der Waals surface area contributed by atoms with Crippen LogP contribution in [0.1, 0.15) is 36.9 Å².